The van der Waals surface area contributed by atoms with Gasteiger partial charge in [-0.1, -0.05) is 25.7 Å². The van der Waals surface area contributed by atoms with Crippen molar-refractivity contribution in [2.75, 3.05) is 45.6 Å². The van der Waals surface area contributed by atoms with E-state index in [0.29, 0.717) is 38.0 Å². The number of rotatable bonds is 4. The number of hydrogen-bond acceptors (Lipinski definition) is 4. The number of nitrogens with one attached hydrogen (secondary N) is 1. The minimum Gasteiger partial charge on any atom is -0.381 e. The second-order valence-corrected chi connectivity index (χ2v) is 11.6. The van der Waals surface area contributed by atoms with E-state index in [9.17, 15) is 8.42 Å². The molecule has 0 unspecified atom stereocenters. The monoisotopic (exact) mass is 413 g/mol. The summed E-state index contributed by atoms with van der Waals surface area (Å²) in [6.07, 6.45) is 13.1. The Kier molecular flexibility index (Phi) is 7.29. The first kappa shape index (κ1) is 21.9. The van der Waals surface area contributed by atoms with E-state index in [1.165, 1.54) is 57.6 Å². The van der Waals surface area contributed by atoms with Crippen LogP contribution in [0.4, 0.5) is 0 Å². The molecule has 3 rings (SSSR count). The van der Waals surface area contributed by atoms with Crippen LogP contribution in [0.15, 0.2) is 4.99 Å². The van der Waals surface area contributed by atoms with E-state index in [2.05, 4.69) is 17.1 Å². The first-order valence-electron chi connectivity index (χ1n) is 11.2. The summed E-state index contributed by atoms with van der Waals surface area (Å²) in [5, 5.41) is 3.45. The number of sulfone groups is 1. The summed E-state index contributed by atoms with van der Waals surface area (Å²) in [6, 6.07) is 0. The molecular weight excluding hydrogens is 374 g/mol. The van der Waals surface area contributed by atoms with E-state index in [1.54, 1.807) is 0 Å². The van der Waals surface area contributed by atoms with Crippen molar-refractivity contribution in [3.05, 3.63) is 0 Å². The standard InChI is InChI=1S/C21H39N3O3S/c1-3-22-19(23-17-21(28(2,25)26)12-15-27-16-13-21)24-14-8-11-20(18-24)9-6-4-5-7-10-20/h3-18H2,1-2H3,(H,22,23). The van der Waals surface area contributed by atoms with Crippen molar-refractivity contribution in [2.45, 2.75) is 75.9 Å². The Bertz CT molecular complexity index is 633. The third-order valence-corrected chi connectivity index (χ3v) is 9.28. The first-order chi connectivity index (χ1) is 13.4. The fourth-order valence-electron chi connectivity index (χ4n) is 5.31. The molecule has 7 heteroatoms. The molecule has 0 amide bonds. The topological polar surface area (TPSA) is 71.0 Å². The third-order valence-electron chi connectivity index (χ3n) is 7.17. The molecule has 0 bridgehead atoms. The van der Waals surface area contributed by atoms with Gasteiger partial charge in [-0.25, -0.2) is 8.42 Å². The molecule has 6 nitrogen and oxygen atoms in total. The zero-order valence-corrected chi connectivity index (χ0v) is 18.7. The Morgan fingerprint density at radius 1 is 1.04 bits per heavy atom. The van der Waals surface area contributed by atoms with Crippen LogP contribution in [0, 0.1) is 5.41 Å². The molecule has 1 saturated carbocycles. The van der Waals surface area contributed by atoms with Gasteiger partial charge < -0.3 is 15.0 Å². The van der Waals surface area contributed by atoms with Crippen LogP contribution < -0.4 is 5.32 Å². The maximum atomic E-state index is 12.6. The number of nitrogens with zero attached hydrogens (tertiary/aromatic N) is 2. The summed E-state index contributed by atoms with van der Waals surface area (Å²) in [6.45, 7) is 6.31. The summed E-state index contributed by atoms with van der Waals surface area (Å²) in [4.78, 5) is 7.31. The van der Waals surface area contributed by atoms with Crippen LogP contribution in [-0.2, 0) is 14.6 Å². The average molecular weight is 414 g/mol. The van der Waals surface area contributed by atoms with Gasteiger partial charge in [0.05, 0.1) is 11.3 Å². The number of ether oxygens (including phenoxy) is 1. The van der Waals surface area contributed by atoms with Crippen molar-refractivity contribution in [1.29, 1.82) is 0 Å². The largest absolute Gasteiger partial charge is 0.381 e. The summed E-state index contributed by atoms with van der Waals surface area (Å²) in [7, 11) is -3.19. The fraction of sp³-hybridized carbons (Fsp3) is 0.952. The third kappa shape index (κ3) is 5.02. The first-order valence-corrected chi connectivity index (χ1v) is 13.1. The van der Waals surface area contributed by atoms with Crippen LogP contribution in [0.2, 0.25) is 0 Å². The van der Waals surface area contributed by atoms with Crippen LogP contribution in [0.5, 0.6) is 0 Å². The van der Waals surface area contributed by atoms with Crippen molar-refractivity contribution in [3.63, 3.8) is 0 Å². The van der Waals surface area contributed by atoms with Gasteiger partial charge >= 0.3 is 0 Å². The Morgan fingerprint density at radius 2 is 1.68 bits per heavy atom. The van der Waals surface area contributed by atoms with E-state index < -0.39 is 14.6 Å². The Morgan fingerprint density at radius 3 is 2.29 bits per heavy atom. The molecule has 0 aromatic heterocycles. The Balaban J connectivity index is 1.77. The average Bonchev–Trinajstić information content (AvgIpc) is 2.90. The molecule has 0 radical (unpaired) electrons. The van der Waals surface area contributed by atoms with Crippen molar-refractivity contribution in [2.24, 2.45) is 10.4 Å². The molecular formula is C21H39N3O3S. The number of hydrogen-bond donors (Lipinski definition) is 1. The van der Waals surface area contributed by atoms with Gasteiger partial charge in [0.2, 0.25) is 0 Å². The zero-order chi connectivity index (χ0) is 20.1. The predicted octanol–water partition coefficient (Wildman–Crippen LogP) is 2.98. The van der Waals surface area contributed by atoms with Gasteiger partial charge in [0.15, 0.2) is 15.8 Å². The van der Waals surface area contributed by atoms with E-state index in [-0.39, 0.29) is 0 Å². The lowest BCUT2D eigenvalue weighted by molar-refractivity contribution is 0.0765. The summed E-state index contributed by atoms with van der Waals surface area (Å²) < 4.78 is 29.8. The zero-order valence-electron chi connectivity index (χ0n) is 17.8. The predicted molar refractivity (Wildman–Crippen MR) is 115 cm³/mol. The highest BCUT2D eigenvalue weighted by molar-refractivity contribution is 7.92. The van der Waals surface area contributed by atoms with Crippen molar-refractivity contribution in [3.8, 4) is 0 Å². The molecule has 2 heterocycles. The quantitative estimate of drug-likeness (QED) is 0.567. The molecule has 2 aliphatic heterocycles. The second-order valence-electron chi connectivity index (χ2n) is 9.18. The lowest BCUT2D eigenvalue weighted by Crippen LogP contribution is -2.52. The SMILES string of the molecule is CCNC(=NCC1(S(C)(=O)=O)CCOCC1)N1CCCC2(CCCCCC2)C1. The van der Waals surface area contributed by atoms with Crippen LogP contribution in [0.3, 0.4) is 0 Å². The molecule has 0 aromatic rings. The maximum absolute atomic E-state index is 12.6. The van der Waals surface area contributed by atoms with Gasteiger partial charge in [0, 0.05) is 39.1 Å². The molecule has 1 N–H and O–H groups in total. The molecule has 3 aliphatic rings. The van der Waals surface area contributed by atoms with Crippen LogP contribution in [0.1, 0.15) is 71.1 Å². The highest BCUT2D eigenvalue weighted by Crippen LogP contribution is 2.42. The smallest absolute Gasteiger partial charge is 0.193 e. The van der Waals surface area contributed by atoms with E-state index in [1.807, 2.05) is 0 Å². The van der Waals surface area contributed by atoms with Gasteiger partial charge in [-0.05, 0) is 50.9 Å². The number of aliphatic imine (C=N–C) groups is 1. The van der Waals surface area contributed by atoms with E-state index in [4.69, 9.17) is 9.73 Å². The summed E-state index contributed by atoms with van der Waals surface area (Å²) in [5.74, 6) is 0.903. The number of piperidine rings is 1. The van der Waals surface area contributed by atoms with E-state index in [0.717, 1.165) is 25.6 Å². The van der Waals surface area contributed by atoms with Crippen LogP contribution >= 0.6 is 0 Å². The van der Waals surface area contributed by atoms with Crippen LogP contribution in [-0.4, -0.2) is 69.7 Å². The van der Waals surface area contributed by atoms with Gasteiger partial charge in [-0.3, -0.25) is 4.99 Å². The lowest BCUT2D eigenvalue weighted by atomic mass is 9.74. The number of likely N-dealkylation sites (tertiary alicyclic amines) is 1. The molecule has 3 fully saturated rings. The summed E-state index contributed by atoms with van der Waals surface area (Å²) in [5.41, 5.74) is 0.429. The fourth-order valence-corrected chi connectivity index (χ4v) is 6.52. The molecule has 1 aliphatic carbocycles. The molecule has 28 heavy (non-hydrogen) atoms. The molecule has 0 aromatic carbocycles. The number of guanidine groups is 1. The molecule has 0 atom stereocenters. The van der Waals surface area contributed by atoms with Crippen molar-refractivity contribution >= 4 is 15.8 Å². The van der Waals surface area contributed by atoms with Crippen molar-refractivity contribution in [1.82, 2.24) is 10.2 Å². The normalized spacial score (nSPS) is 26.1. The van der Waals surface area contributed by atoms with Gasteiger partial charge in [-0.2, -0.15) is 0 Å². The van der Waals surface area contributed by atoms with E-state index >= 15 is 0 Å². The van der Waals surface area contributed by atoms with Crippen molar-refractivity contribution < 1.29 is 13.2 Å². The van der Waals surface area contributed by atoms with Gasteiger partial charge in [-0.15, -0.1) is 0 Å². The highest BCUT2D eigenvalue weighted by Gasteiger charge is 2.43. The molecule has 1 spiro atoms. The highest BCUT2D eigenvalue weighted by atomic mass is 32.2. The molecule has 162 valence electrons. The molecule has 2 saturated heterocycles. The van der Waals surface area contributed by atoms with Gasteiger partial charge in [0.1, 0.15) is 0 Å². The Labute approximate surface area is 171 Å². The van der Waals surface area contributed by atoms with Crippen LogP contribution in [0.25, 0.3) is 0 Å². The minimum absolute atomic E-state index is 0.334. The maximum Gasteiger partial charge on any atom is 0.193 e. The minimum atomic E-state index is -3.19. The lowest BCUT2D eigenvalue weighted by Gasteiger charge is -2.44. The summed E-state index contributed by atoms with van der Waals surface area (Å²) >= 11 is 0. The van der Waals surface area contributed by atoms with Gasteiger partial charge in [0.25, 0.3) is 0 Å². The second kappa shape index (κ2) is 9.33. The Hall–Kier alpha value is -0.820.